The Balaban J connectivity index is 2.12. The third-order valence-electron chi connectivity index (χ3n) is 3.11. The number of nitrogens with zero attached hydrogens (tertiary/aromatic N) is 3. The SMILES string of the molecule is Cn1cc(S(=O)(=O)N2CCC(CCl)CC2)cn1. The van der Waals surface area contributed by atoms with Crippen LogP contribution in [0.5, 0.6) is 0 Å². The molecular weight excluding hydrogens is 262 g/mol. The number of hydrogen-bond donors (Lipinski definition) is 0. The Hall–Kier alpha value is -0.590. The molecule has 0 unspecified atom stereocenters. The molecule has 5 nitrogen and oxygen atoms in total. The van der Waals surface area contributed by atoms with Gasteiger partial charge in [-0.25, -0.2) is 8.42 Å². The Bertz CT molecular complexity index is 477. The lowest BCUT2D eigenvalue weighted by Gasteiger charge is -2.29. The van der Waals surface area contributed by atoms with Crippen LogP contribution in [0, 0.1) is 5.92 Å². The number of rotatable bonds is 3. The average Bonchev–Trinajstić information content (AvgIpc) is 2.77. The van der Waals surface area contributed by atoms with E-state index in [4.69, 9.17) is 11.6 Å². The summed E-state index contributed by atoms with van der Waals surface area (Å²) in [7, 11) is -1.66. The van der Waals surface area contributed by atoms with Crippen molar-refractivity contribution in [3.63, 3.8) is 0 Å². The van der Waals surface area contributed by atoms with Crippen LogP contribution < -0.4 is 0 Å². The Labute approximate surface area is 106 Å². The second kappa shape index (κ2) is 4.96. The maximum atomic E-state index is 12.2. The van der Waals surface area contributed by atoms with Crippen LogP contribution in [-0.4, -0.2) is 41.5 Å². The molecule has 0 saturated carbocycles. The van der Waals surface area contributed by atoms with E-state index in [2.05, 4.69) is 5.10 Å². The summed E-state index contributed by atoms with van der Waals surface area (Å²) in [5.41, 5.74) is 0. The van der Waals surface area contributed by atoms with Gasteiger partial charge in [-0.2, -0.15) is 9.40 Å². The van der Waals surface area contributed by atoms with Crippen LogP contribution in [0.15, 0.2) is 17.3 Å². The van der Waals surface area contributed by atoms with Gasteiger partial charge in [0.2, 0.25) is 10.0 Å². The number of halogens is 1. The molecule has 17 heavy (non-hydrogen) atoms. The molecule has 0 bridgehead atoms. The number of sulfonamides is 1. The molecule has 0 atom stereocenters. The lowest BCUT2D eigenvalue weighted by atomic mass is 10.0. The maximum absolute atomic E-state index is 12.2. The molecule has 2 rings (SSSR count). The van der Waals surface area contributed by atoms with E-state index in [1.807, 2.05) is 0 Å². The summed E-state index contributed by atoms with van der Waals surface area (Å²) in [5, 5.41) is 3.90. The third kappa shape index (κ3) is 2.64. The summed E-state index contributed by atoms with van der Waals surface area (Å²) >= 11 is 5.78. The van der Waals surface area contributed by atoms with E-state index in [0.29, 0.717) is 24.9 Å². The topological polar surface area (TPSA) is 55.2 Å². The van der Waals surface area contributed by atoms with Gasteiger partial charge in [0, 0.05) is 32.2 Å². The molecule has 2 heterocycles. The first-order valence-electron chi connectivity index (χ1n) is 5.59. The van der Waals surface area contributed by atoms with Gasteiger partial charge >= 0.3 is 0 Å². The fourth-order valence-electron chi connectivity index (χ4n) is 1.98. The van der Waals surface area contributed by atoms with Crippen LogP contribution in [0.1, 0.15) is 12.8 Å². The van der Waals surface area contributed by atoms with E-state index in [-0.39, 0.29) is 4.90 Å². The Kier molecular flexibility index (Phi) is 3.75. The number of alkyl halides is 1. The molecular formula is C10H16ClN3O2S. The molecule has 1 saturated heterocycles. The summed E-state index contributed by atoms with van der Waals surface area (Å²) in [5.74, 6) is 1.05. The van der Waals surface area contributed by atoms with E-state index >= 15 is 0 Å². The summed E-state index contributed by atoms with van der Waals surface area (Å²) < 4.78 is 27.5. The highest BCUT2D eigenvalue weighted by atomic mass is 35.5. The van der Waals surface area contributed by atoms with Crippen molar-refractivity contribution >= 4 is 21.6 Å². The van der Waals surface area contributed by atoms with Gasteiger partial charge in [-0.15, -0.1) is 11.6 Å². The minimum absolute atomic E-state index is 0.268. The molecule has 0 aliphatic carbocycles. The lowest BCUT2D eigenvalue weighted by molar-refractivity contribution is 0.290. The standard InChI is InChI=1S/C10H16ClN3O2S/c1-13-8-10(7-12-13)17(15,16)14-4-2-9(6-11)3-5-14/h7-9H,2-6H2,1H3. The lowest BCUT2D eigenvalue weighted by Crippen LogP contribution is -2.38. The predicted molar refractivity (Wildman–Crippen MR) is 65.4 cm³/mol. The van der Waals surface area contributed by atoms with E-state index < -0.39 is 10.0 Å². The molecule has 1 aromatic heterocycles. The highest BCUT2D eigenvalue weighted by Gasteiger charge is 2.29. The molecule has 1 aliphatic rings. The number of hydrogen-bond acceptors (Lipinski definition) is 3. The van der Waals surface area contributed by atoms with Gasteiger partial charge in [-0.05, 0) is 18.8 Å². The first kappa shape index (κ1) is 12.9. The van der Waals surface area contributed by atoms with Crippen LogP contribution in [0.4, 0.5) is 0 Å². The van der Waals surface area contributed by atoms with E-state index in [1.165, 1.54) is 21.4 Å². The fourth-order valence-corrected chi connectivity index (χ4v) is 3.75. The zero-order chi connectivity index (χ0) is 12.5. The summed E-state index contributed by atoms with van der Waals surface area (Å²) in [6.45, 7) is 1.10. The van der Waals surface area contributed by atoms with Crippen molar-refractivity contribution in [1.82, 2.24) is 14.1 Å². The second-order valence-electron chi connectivity index (χ2n) is 4.35. The first-order chi connectivity index (χ1) is 8.04. The molecule has 1 aromatic rings. The van der Waals surface area contributed by atoms with Crippen LogP contribution >= 0.6 is 11.6 Å². The van der Waals surface area contributed by atoms with Gasteiger partial charge in [0.15, 0.2) is 0 Å². The largest absolute Gasteiger partial charge is 0.274 e. The summed E-state index contributed by atoms with van der Waals surface area (Å²) in [4.78, 5) is 0.268. The Morgan fingerprint density at radius 2 is 2.12 bits per heavy atom. The van der Waals surface area contributed by atoms with Gasteiger partial charge in [0.1, 0.15) is 4.90 Å². The number of piperidine rings is 1. The third-order valence-corrected chi connectivity index (χ3v) is 5.40. The molecule has 7 heteroatoms. The minimum Gasteiger partial charge on any atom is -0.274 e. The van der Waals surface area contributed by atoms with E-state index in [0.717, 1.165) is 12.8 Å². The quantitative estimate of drug-likeness (QED) is 0.777. The van der Waals surface area contributed by atoms with Crippen molar-refractivity contribution in [3.8, 4) is 0 Å². The van der Waals surface area contributed by atoms with E-state index in [1.54, 1.807) is 7.05 Å². The number of aromatic nitrogens is 2. The van der Waals surface area contributed by atoms with Crippen LogP contribution in [0.3, 0.4) is 0 Å². The molecule has 96 valence electrons. The second-order valence-corrected chi connectivity index (χ2v) is 6.60. The van der Waals surface area contributed by atoms with Gasteiger partial charge in [0.05, 0.1) is 6.20 Å². The van der Waals surface area contributed by atoms with Crippen molar-refractivity contribution in [2.45, 2.75) is 17.7 Å². The fraction of sp³-hybridized carbons (Fsp3) is 0.700. The summed E-state index contributed by atoms with van der Waals surface area (Å²) in [6.07, 6.45) is 4.60. The minimum atomic E-state index is -3.37. The molecule has 0 radical (unpaired) electrons. The van der Waals surface area contributed by atoms with Crippen molar-refractivity contribution in [2.75, 3.05) is 19.0 Å². The molecule has 1 aliphatic heterocycles. The van der Waals surface area contributed by atoms with Crippen molar-refractivity contribution in [1.29, 1.82) is 0 Å². The van der Waals surface area contributed by atoms with Gasteiger partial charge in [-0.3, -0.25) is 4.68 Å². The highest BCUT2D eigenvalue weighted by molar-refractivity contribution is 7.89. The smallest absolute Gasteiger partial charge is 0.246 e. The molecule has 0 aromatic carbocycles. The summed E-state index contributed by atoms with van der Waals surface area (Å²) in [6, 6.07) is 0. The molecule has 0 N–H and O–H groups in total. The molecule has 0 amide bonds. The normalized spacial score (nSPS) is 19.6. The van der Waals surface area contributed by atoms with Gasteiger partial charge in [-0.1, -0.05) is 0 Å². The Morgan fingerprint density at radius 1 is 1.47 bits per heavy atom. The molecule has 0 spiro atoms. The van der Waals surface area contributed by atoms with Gasteiger partial charge < -0.3 is 0 Å². The van der Waals surface area contributed by atoms with Crippen molar-refractivity contribution in [3.05, 3.63) is 12.4 Å². The Morgan fingerprint density at radius 3 is 2.59 bits per heavy atom. The van der Waals surface area contributed by atoms with Crippen molar-refractivity contribution < 1.29 is 8.42 Å². The number of aryl methyl sites for hydroxylation is 1. The van der Waals surface area contributed by atoms with Crippen LogP contribution in [0.2, 0.25) is 0 Å². The molecule has 1 fully saturated rings. The predicted octanol–water partition coefficient (Wildman–Crippen LogP) is 1.06. The van der Waals surface area contributed by atoms with Gasteiger partial charge in [0.25, 0.3) is 0 Å². The van der Waals surface area contributed by atoms with E-state index in [9.17, 15) is 8.42 Å². The van der Waals surface area contributed by atoms with Crippen LogP contribution in [0.25, 0.3) is 0 Å². The first-order valence-corrected chi connectivity index (χ1v) is 7.56. The monoisotopic (exact) mass is 277 g/mol. The zero-order valence-electron chi connectivity index (χ0n) is 9.71. The highest BCUT2D eigenvalue weighted by Crippen LogP contribution is 2.23. The van der Waals surface area contributed by atoms with Crippen LogP contribution in [-0.2, 0) is 17.1 Å². The zero-order valence-corrected chi connectivity index (χ0v) is 11.3. The maximum Gasteiger partial charge on any atom is 0.246 e. The van der Waals surface area contributed by atoms with Crippen molar-refractivity contribution in [2.24, 2.45) is 13.0 Å². The average molecular weight is 278 g/mol.